The molecule has 1 amide bonds. The first-order valence-electron chi connectivity index (χ1n) is 8.79. The van der Waals surface area contributed by atoms with Crippen LogP contribution in [0.1, 0.15) is 59.9 Å². The van der Waals surface area contributed by atoms with Gasteiger partial charge >= 0.3 is 12.1 Å². The van der Waals surface area contributed by atoms with Crippen molar-refractivity contribution >= 4 is 12.1 Å². The Morgan fingerprint density at radius 1 is 1.04 bits per heavy atom. The van der Waals surface area contributed by atoms with Gasteiger partial charge in [0.2, 0.25) is 0 Å². The summed E-state index contributed by atoms with van der Waals surface area (Å²) in [7, 11) is 0. The highest BCUT2D eigenvalue weighted by atomic mass is 16.6. The van der Waals surface area contributed by atoms with Crippen molar-refractivity contribution in [1.29, 1.82) is 0 Å². The van der Waals surface area contributed by atoms with Gasteiger partial charge in [0.1, 0.15) is 17.2 Å². The number of rotatable bonds is 7. The number of benzene rings is 1. The lowest BCUT2D eigenvalue weighted by atomic mass is 10.0. The van der Waals surface area contributed by atoms with E-state index in [0.717, 1.165) is 5.56 Å². The summed E-state index contributed by atoms with van der Waals surface area (Å²) in [5, 5.41) is 2.65. The van der Waals surface area contributed by atoms with Gasteiger partial charge in [-0.2, -0.15) is 0 Å². The number of carbonyl (C=O) groups is 2. The first-order valence-corrected chi connectivity index (χ1v) is 8.79. The third-order valence-electron chi connectivity index (χ3n) is 3.77. The lowest BCUT2D eigenvalue weighted by molar-refractivity contribution is -0.159. The number of hydrogen-bond donors (Lipinski definition) is 1. The number of carbonyl (C=O) groups excluding carboxylic acids is 2. The Labute approximate surface area is 151 Å². The molecule has 0 heterocycles. The summed E-state index contributed by atoms with van der Waals surface area (Å²) in [5.41, 5.74) is -0.0979. The molecule has 0 aliphatic rings. The Morgan fingerprint density at radius 2 is 1.64 bits per heavy atom. The van der Waals surface area contributed by atoms with Gasteiger partial charge in [0, 0.05) is 0 Å². The fourth-order valence-corrected chi connectivity index (χ4v) is 2.07. The number of esters is 1. The van der Waals surface area contributed by atoms with E-state index >= 15 is 0 Å². The van der Waals surface area contributed by atoms with Crippen molar-refractivity contribution in [3.8, 4) is 0 Å². The largest absolute Gasteiger partial charge is 0.458 e. The number of alkyl carbamates (subject to hydrolysis) is 1. The highest BCUT2D eigenvalue weighted by Crippen LogP contribution is 2.17. The highest BCUT2D eigenvalue weighted by molar-refractivity contribution is 5.81. The van der Waals surface area contributed by atoms with E-state index in [1.54, 1.807) is 20.8 Å². The molecular weight excluding hydrogens is 318 g/mol. The average molecular weight is 349 g/mol. The van der Waals surface area contributed by atoms with Crippen LogP contribution in [0.25, 0.3) is 0 Å². The van der Waals surface area contributed by atoms with Crippen LogP contribution in [0.15, 0.2) is 30.3 Å². The monoisotopic (exact) mass is 349 g/mol. The van der Waals surface area contributed by atoms with Gasteiger partial charge in [-0.05, 0) is 59.4 Å². The highest BCUT2D eigenvalue weighted by Gasteiger charge is 2.29. The van der Waals surface area contributed by atoms with Crippen LogP contribution in [0.3, 0.4) is 0 Å². The summed E-state index contributed by atoms with van der Waals surface area (Å²) < 4.78 is 10.8. The summed E-state index contributed by atoms with van der Waals surface area (Å²) in [6.45, 7) is 11.0. The van der Waals surface area contributed by atoms with E-state index in [9.17, 15) is 9.59 Å². The molecule has 5 heteroatoms. The number of amides is 1. The summed E-state index contributed by atoms with van der Waals surface area (Å²) in [4.78, 5) is 24.6. The molecule has 1 aromatic carbocycles. The Kier molecular flexibility index (Phi) is 7.46. The Balaban J connectivity index is 2.78. The molecule has 0 unspecified atom stereocenters. The molecule has 0 radical (unpaired) electrons. The van der Waals surface area contributed by atoms with Gasteiger partial charge in [0.15, 0.2) is 0 Å². The molecule has 0 bridgehead atoms. The molecular formula is C20H31NO4. The zero-order valence-corrected chi connectivity index (χ0v) is 16.2. The normalized spacial score (nSPS) is 13.0. The molecule has 1 N–H and O–H groups in total. The first kappa shape index (κ1) is 21.0. The van der Waals surface area contributed by atoms with Gasteiger partial charge in [-0.1, -0.05) is 37.3 Å². The molecule has 1 atom stereocenters. The van der Waals surface area contributed by atoms with Gasteiger partial charge in [-0.25, -0.2) is 9.59 Å². The van der Waals surface area contributed by atoms with Crippen molar-refractivity contribution in [3.05, 3.63) is 35.9 Å². The SMILES string of the molecule is CCC(C)(C)OC(=O)[C@H](CCc1ccccc1)NC(=O)OC(C)(C)C. The second kappa shape index (κ2) is 8.88. The van der Waals surface area contributed by atoms with E-state index in [2.05, 4.69) is 5.32 Å². The lowest BCUT2D eigenvalue weighted by Crippen LogP contribution is -2.46. The van der Waals surface area contributed by atoms with Crippen molar-refractivity contribution in [1.82, 2.24) is 5.32 Å². The van der Waals surface area contributed by atoms with Crippen LogP contribution < -0.4 is 5.32 Å². The summed E-state index contributed by atoms with van der Waals surface area (Å²) >= 11 is 0. The lowest BCUT2D eigenvalue weighted by Gasteiger charge is -2.28. The van der Waals surface area contributed by atoms with Gasteiger partial charge in [-0.15, -0.1) is 0 Å². The van der Waals surface area contributed by atoms with Crippen LogP contribution in [0.4, 0.5) is 4.79 Å². The zero-order chi connectivity index (χ0) is 19.1. The second-order valence-electron chi connectivity index (χ2n) is 7.76. The predicted molar refractivity (Wildman–Crippen MR) is 98.4 cm³/mol. The van der Waals surface area contributed by atoms with Crippen LogP contribution in [0, 0.1) is 0 Å². The summed E-state index contributed by atoms with van der Waals surface area (Å²) in [6.07, 6.45) is 1.18. The smallest absolute Gasteiger partial charge is 0.408 e. The van der Waals surface area contributed by atoms with E-state index in [-0.39, 0.29) is 0 Å². The number of nitrogens with one attached hydrogen (secondary N) is 1. The van der Waals surface area contributed by atoms with Crippen molar-refractivity contribution in [3.63, 3.8) is 0 Å². The van der Waals surface area contributed by atoms with Gasteiger partial charge < -0.3 is 14.8 Å². The van der Waals surface area contributed by atoms with Crippen molar-refractivity contribution < 1.29 is 19.1 Å². The molecule has 0 spiro atoms. The fourth-order valence-electron chi connectivity index (χ4n) is 2.07. The molecule has 1 aromatic rings. The third-order valence-corrected chi connectivity index (χ3v) is 3.77. The third kappa shape index (κ3) is 8.57. The van der Waals surface area contributed by atoms with Gasteiger partial charge in [0.25, 0.3) is 0 Å². The van der Waals surface area contributed by atoms with Crippen LogP contribution in [0.5, 0.6) is 0 Å². The summed E-state index contributed by atoms with van der Waals surface area (Å²) in [5.74, 6) is -0.436. The van der Waals surface area contributed by atoms with Gasteiger partial charge in [0.05, 0.1) is 0 Å². The number of aryl methyl sites for hydroxylation is 1. The Morgan fingerprint density at radius 3 is 2.16 bits per heavy atom. The minimum Gasteiger partial charge on any atom is -0.458 e. The van der Waals surface area contributed by atoms with E-state index in [1.807, 2.05) is 51.1 Å². The molecule has 0 aliphatic heterocycles. The van der Waals surface area contributed by atoms with Crippen molar-refractivity contribution in [2.24, 2.45) is 0 Å². The molecule has 0 fully saturated rings. The fraction of sp³-hybridized carbons (Fsp3) is 0.600. The molecule has 25 heavy (non-hydrogen) atoms. The maximum Gasteiger partial charge on any atom is 0.408 e. The maximum atomic E-state index is 12.5. The minimum atomic E-state index is -0.749. The molecule has 0 aliphatic carbocycles. The second-order valence-corrected chi connectivity index (χ2v) is 7.76. The number of hydrogen-bond acceptors (Lipinski definition) is 4. The molecule has 140 valence electrons. The Bertz CT molecular complexity index is 561. The van der Waals surface area contributed by atoms with E-state index < -0.39 is 29.3 Å². The number of ether oxygens (including phenoxy) is 2. The van der Waals surface area contributed by atoms with Crippen molar-refractivity contribution in [2.75, 3.05) is 0 Å². The van der Waals surface area contributed by atoms with Gasteiger partial charge in [-0.3, -0.25) is 0 Å². The molecule has 0 saturated heterocycles. The van der Waals surface area contributed by atoms with Crippen molar-refractivity contribution in [2.45, 2.75) is 78.0 Å². The molecule has 5 nitrogen and oxygen atoms in total. The first-order chi connectivity index (χ1) is 11.5. The zero-order valence-electron chi connectivity index (χ0n) is 16.2. The topological polar surface area (TPSA) is 64.6 Å². The standard InChI is InChI=1S/C20H31NO4/c1-7-20(5,6)24-17(22)16(21-18(23)25-19(2,3)4)14-13-15-11-9-8-10-12-15/h8-12,16H,7,13-14H2,1-6H3,(H,21,23)/t16-/m0/s1. The maximum absolute atomic E-state index is 12.5. The van der Waals surface area contributed by atoms with E-state index in [4.69, 9.17) is 9.47 Å². The van der Waals surface area contributed by atoms with Crippen LogP contribution >= 0.6 is 0 Å². The molecule has 0 aromatic heterocycles. The average Bonchev–Trinajstić information content (AvgIpc) is 2.50. The predicted octanol–water partition coefficient (Wildman–Crippen LogP) is 4.24. The van der Waals surface area contributed by atoms with Crippen LogP contribution in [-0.2, 0) is 20.7 Å². The van der Waals surface area contributed by atoms with Crippen LogP contribution in [0.2, 0.25) is 0 Å². The van der Waals surface area contributed by atoms with Crippen LogP contribution in [-0.4, -0.2) is 29.3 Å². The quantitative estimate of drug-likeness (QED) is 0.748. The summed E-state index contributed by atoms with van der Waals surface area (Å²) in [6, 6.07) is 9.07. The minimum absolute atomic E-state index is 0.436. The molecule has 0 saturated carbocycles. The molecule has 1 rings (SSSR count). The Hall–Kier alpha value is -2.04. The van der Waals surface area contributed by atoms with E-state index in [0.29, 0.717) is 19.3 Å². The van der Waals surface area contributed by atoms with E-state index in [1.165, 1.54) is 0 Å².